The summed E-state index contributed by atoms with van der Waals surface area (Å²) >= 11 is 0. The Kier molecular flexibility index (Phi) is 4.25. The van der Waals surface area contributed by atoms with Crippen LogP contribution in [-0.4, -0.2) is 25.6 Å². The molecule has 0 aliphatic heterocycles. The van der Waals surface area contributed by atoms with Gasteiger partial charge in [-0.15, -0.1) is 0 Å². The molecule has 0 saturated heterocycles. The monoisotopic (exact) mass is 264 g/mol. The maximum absolute atomic E-state index is 12.7. The number of para-hydroxylation sites is 2. The molecular weight excluding hydrogens is 240 g/mol. The van der Waals surface area contributed by atoms with Crippen LogP contribution in [0.1, 0.15) is 27.7 Å². The van der Waals surface area contributed by atoms with Gasteiger partial charge in [0.2, 0.25) is 5.91 Å². The first-order valence-corrected chi connectivity index (χ1v) is 6.33. The fourth-order valence-corrected chi connectivity index (χ4v) is 1.71. The van der Waals surface area contributed by atoms with Gasteiger partial charge in [-0.1, -0.05) is 12.1 Å². The second-order valence-corrected chi connectivity index (χ2v) is 5.88. The summed E-state index contributed by atoms with van der Waals surface area (Å²) in [4.78, 5) is 14.3. The van der Waals surface area contributed by atoms with Gasteiger partial charge in [0, 0.05) is 12.6 Å². The number of carbonyl (C=O) groups excluding carboxylic acids is 1. The summed E-state index contributed by atoms with van der Waals surface area (Å²) in [6.45, 7) is 7.45. The largest absolute Gasteiger partial charge is 0.495 e. The van der Waals surface area contributed by atoms with Crippen molar-refractivity contribution in [1.82, 2.24) is 0 Å². The molecule has 1 rings (SSSR count). The SMILES string of the molecule is COc1ccccc1N(C)C(=O)C(C)(C)C(C)(C)N. The minimum atomic E-state index is -0.678. The molecule has 0 unspecified atom stereocenters. The van der Waals surface area contributed by atoms with Gasteiger partial charge in [-0.05, 0) is 39.8 Å². The Bertz CT molecular complexity index is 461. The number of hydrogen-bond donors (Lipinski definition) is 1. The summed E-state index contributed by atoms with van der Waals surface area (Å²) in [6.07, 6.45) is 0. The Morgan fingerprint density at radius 3 is 2.21 bits per heavy atom. The van der Waals surface area contributed by atoms with Gasteiger partial charge in [0.25, 0.3) is 0 Å². The van der Waals surface area contributed by atoms with Crippen LogP contribution in [0.2, 0.25) is 0 Å². The maximum Gasteiger partial charge on any atom is 0.234 e. The fraction of sp³-hybridized carbons (Fsp3) is 0.533. The molecule has 106 valence electrons. The highest BCUT2D eigenvalue weighted by Crippen LogP contribution is 2.34. The van der Waals surface area contributed by atoms with E-state index in [9.17, 15) is 4.79 Å². The average molecular weight is 264 g/mol. The second kappa shape index (κ2) is 5.21. The summed E-state index contributed by atoms with van der Waals surface area (Å²) < 4.78 is 5.29. The zero-order valence-corrected chi connectivity index (χ0v) is 12.7. The van der Waals surface area contributed by atoms with E-state index in [0.717, 1.165) is 5.69 Å². The highest BCUT2D eigenvalue weighted by Gasteiger charge is 2.42. The van der Waals surface area contributed by atoms with E-state index in [1.807, 2.05) is 52.0 Å². The molecule has 0 aromatic heterocycles. The van der Waals surface area contributed by atoms with Crippen LogP contribution in [0.25, 0.3) is 0 Å². The van der Waals surface area contributed by atoms with Gasteiger partial charge >= 0.3 is 0 Å². The van der Waals surface area contributed by atoms with Gasteiger partial charge in [-0.25, -0.2) is 0 Å². The predicted molar refractivity (Wildman–Crippen MR) is 78.5 cm³/mol. The molecule has 0 saturated carbocycles. The molecule has 0 radical (unpaired) electrons. The average Bonchev–Trinajstić information content (AvgIpc) is 2.35. The molecule has 0 aliphatic rings. The molecule has 1 aromatic rings. The lowest BCUT2D eigenvalue weighted by atomic mass is 9.74. The molecular formula is C15H24N2O2. The van der Waals surface area contributed by atoms with Gasteiger partial charge in [0.15, 0.2) is 0 Å². The van der Waals surface area contributed by atoms with E-state index in [4.69, 9.17) is 10.5 Å². The van der Waals surface area contributed by atoms with E-state index in [0.29, 0.717) is 5.75 Å². The molecule has 2 N–H and O–H groups in total. The van der Waals surface area contributed by atoms with E-state index in [1.54, 1.807) is 19.1 Å². The number of anilines is 1. The van der Waals surface area contributed by atoms with Crippen LogP contribution in [0.5, 0.6) is 5.75 Å². The molecule has 1 aromatic carbocycles. The number of rotatable bonds is 4. The number of hydrogen-bond acceptors (Lipinski definition) is 3. The molecule has 0 aliphatic carbocycles. The van der Waals surface area contributed by atoms with Crippen molar-refractivity contribution in [3.63, 3.8) is 0 Å². The summed E-state index contributed by atoms with van der Waals surface area (Å²) in [7, 11) is 3.34. The van der Waals surface area contributed by atoms with Crippen molar-refractivity contribution in [2.24, 2.45) is 11.1 Å². The zero-order chi connectivity index (χ0) is 14.8. The van der Waals surface area contributed by atoms with Crippen LogP contribution in [0.4, 0.5) is 5.69 Å². The van der Waals surface area contributed by atoms with E-state index in [2.05, 4.69) is 0 Å². The van der Waals surface area contributed by atoms with E-state index in [-0.39, 0.29) is 5.91 Å². The molecule has 0 spiro atoms. The summed E-state index contributed by atoms with van der Waals surface area (Å²) in [5.41, 5.74) is 5.58. The molecule has 0 atom stereocenters. The van der Waals surface area contributed by atoms with Crippen molar-refractivity contribution < 1.29 is 9.53 Å². The lowest BCUT2D eigenvalue weighted by molar-refractivity contribution is -0.129. The third kappa shape index (κ3) is 2.89. The summed E-state index contributed by atoms with van der Waals surface area (Å²) in [5, 5.41) is 0. The first-order chi connectivity index (χ1) is 8.63. The smallest absolute Gasteiger partial charge is 0.234 e. The Hall–Kier alpha value is -1.55. The maximum atomic E-state index is 12.7. The molecule has 19 heavy (non-hydrogen) atoms. The molecule has 4 heteroatoms. The van der Waals surface area contributed by atoms with Crippen LogP contribution in [0.15, 0.2) is 24.3 Å². The van der Waals surface area contributed by atoms with Crippen molar-refractivity contribution in [3.8, 4) is 5.75 Å². The third-order valence-electron chi connectivity index (χ3n) is 3.90. The molecule has 1 amide bonds. The Labute approximate surface area is 115 Å². The standard InChI is InChI=1S/C15H24N2O2/c1-14(2,15(3,4)16)13(18)17(5)11-9-7-8-10-12(11)19-6/h7-10H,16H2,1-6H3. The van der Waals surface area contributed by atoms with Crippen LogP contribution in [0.3, 0.4) is 0 Å². The van der Waals surface area contributed by atoms with E-state index >= 15 is 0 Å². The fourth-order valence-electron chi connectivity index (χ4n) is 1.71. The highest BCUT2D eigenvalue weighted by molar-refractivity contribution is 5.98. The van der Waals surface area contributed by atoms with Crippen molar-refractivity contribution in [2.75, 3.05) is 19.1 Å². The minimum Gasteiger partial charge on any atom is -0.495 e. The van der Waals surface area contributed by atoms with Gasteiger partial charge in [-0.2, -0.15) is 0 Å². The van der Waals surface area contributed by atoms with Crippen molar-refractivity contribution in [2.45, 2.75) is 33.2 Å². The van der Waals surface area contributed by atoms with Gasteiger partial charge < -0.3 is 15.4 Å². The number of nitrogens with zero attached hydrogens (tertiary/aromatic N) is 1. The zero-order valence-electron chi connectivity index (χ0n) is 12.7. The number of nitrogens with two attached hydrogens (primary N) is 1. The van der Waals surface area contributed by atoms with E-state index in [1.165, 1.54) is 0 Å². The number of ether oxygens (including phenoxy) is 1. The van der Waals surface area contributed by atoms with Crippen molar-refractivity contribution in [3.05, 3.63) is 24.3 Å². The number of carbonyl (C=O) groups is 1. The molecule has 0 bridgehead atoms. The van der Waals surface area contributed by atoms with Crippen LogP contribution < -0.4 is 15.4 Å². The lowest BCUT2D eigenvalue weighted by Crippen LogP contribution is -2.56. The highest BCUT2D eigenvalue weighted by atomic mass is 16.5. The summed E-state index contributed by atoms with van der Waals surface area (Å²) in [6, 6.07) is 7.44. The number of amides is 1. The van der Waals surface area contributed by atoms with Crippen LogP contribution in [-0.2, 0) is 4.79 Å². The van der Waals surface area contributed by atoms with Crippen molar-refractivity contribution in [1.29, 1.82) is 0 Å². The summed E-state index contributed by atoms with van der Waals surface area (Å²) in [5.74, 6) is 0.633. The van der Waals surface area contributed by atoms with Crippen LogP contribution in [0, 0.1) is 5.41 Å². The Morgan fingerprint density at radius 1 is 1.21 bits per heavy atom. The quantitative estimate of drug-likeness (QED) is 0.908. The third-order valence-corrected chi connectivity index (χ3v) is 3.90. The first-order valence-electron chi connectivity index (χ1n) is 6.33. The van der Waals surface area contributed by atoms with Gasteiger partial charge in [0.1, 0.15) is 5.75 Å². The topological polar surface area (TPSA) is 55.6 Å². The molecule has 0 fully saturated rings. The number of methoxy groups -OCH3 is 1. The van der Waals surface area contributed by atoms with E-state index < -0.39 is 11.0 Å². The minimum absolute atomic E-state index is 0.0375. The lowest BCUT2D eigenvalue weighted by Gasteiger charge is -2.39. The molecule has 4 nitrogen and oxygen atoms in total. The Balaban J connectivity index is 3.14. The Morgan fingerprint density at radius 2 is 1.74 bits per heavy atom. The van der Waals surface area contributed by atoms with Crippen LogP contribution >= 0.6 is 0 Å². The second-order valence-electron chi connectivity index (χ2n) is 5.88. The first kappa shape index (κ1) is 15.5. The normalized spacial score (nSPS) is 12.2. The molecule has 0 heterocycles. The predicted octanol–water partition coefficient (Wildman–Crippen LogP) is 2.42. The van der Waals surface area contributed by atoms with Crippen molar-refractivity contribution >= 4 is 11.6 Å². The number of benzene rings is 1. The van der Waals surface area contributed by atoms with Gasteiger partial charge in [0.05, 0.1) is 18.2 Å². The van der Waals surface area contributed by atoms with Gasteiger partial charge in [-0.3, -0.25) is 4.79 Å².